The first kappa shape index (κ1) is 23.6. The molecule has 2 N–H and O–H groups in total. The van der Waals surface area contributed by atoms with Gasteiger partial charge in [-0.05, 0) is 48.7 Å². The Balaban J connectivity index is 1.95. The van der Waals surface area contributed by atoms with Gasteiger partial charge in [-0.2, -0.15) is 0 Å². The van der Waals surface area contributed by atoms with Crippen LogP contribution in [0, 0.1) is 5.41 Å². The third-order valence-electron chi connectivity index (χ3n) is 4.18. The van der Waals surface area contributed by atoms with Crippen LogP contribution in [-0.2, 0) is 9.59 Å². The minimum atomic E-state index is -0.321. The van der Waals surface area contributed by atoms with E-state index in [2.05, 4.69) is 10.6 Å². The summed E-state index contributed by atoms with van der Waals surface area (Å²) in [5.41, 5.74) is 1.27. The molecule has 1 unspecified atom stereocenters. The largest absolute Gasteiger partial charge is 0.497 e. The first-order chi connectivity index (χ1) is 14.1. The highest BCUT2D eigenvalue weighted by atomic mass is 32.2. The molecule has 0 saturated carbocycles. The zero-order chi connectivity index (χ0) is 22.3. The third kappa shape index (κ3) is 7.30. The Morgan fingerprint density at radius 3 is 2.23 bits per heavy atom. The molecule has 0 heterocycles. The van der Waals surface area contributed by atoms with Crippen molar-refractivity contribution in [3.8, 4) is 11.5 Å². The van der Waals surface area contributed by atoms with Gasteiger partial charge < -0.3 is 20.1 Å². The Morgan fingerprint density at radius 2 is 1.67 bits per heavy atom. The number of anilines is 2. The Bertz CT molecular complexity index is 876. The molecular weight excluding hydrogens is 400 g/mol. The highest BCUT2D eigenvalue weighted by Gasteiger charge is 2.18. The Morgan fingerprint density at radius 1 is 1.00 bits per heavy atom. The number of amides is 2. The quantitative estimate of drug-likeness (QED) is 0.563. The summed E-state index contributed by atoms with van der Waals surface area (Å²) in [5.74, 6) is 1.05. The lowest BCUT2D eigenvalue weighted by molar-refractivity contribution is -0.118. The van der Waals surface area contributed by atoms with Crippen LogP contribution in [0.15, 0.2) is 47.4 Å². The average molecular weight is 431 g/mol. The van der Waals surface area contributed by atoms with Gasteiger partial charge >= 0.3 is 0 Å². The molecular formula is C23H30N2O4S. The maximum absolute atomic E-state index is 12.6. The smallest absolute Gasteiger partial charge is 0.237 e. The van der Waals surface area contributed by atoms with Gasteiger partial charge in [0.25, 0.3) is 0 Å². The molecule has 0 fully saturated rings. The van der Waals surface area contributed by atoms with Crippen molar-refractivity contribution in [2.24, 2.45) is 5.41 Å². The third-order valence-corrected chi connectivity index (χ3v) is 5.29. The number of methoxy groups -OCH3 is 2. The molecule has 2 rings (SSSR count). The summed E-state index contributed by atoms with van der Waals surface area (Å²) in [5, 5.41) is 5.48. The molecule has 30 heavy (non-hydrogen) atoms. The molecule has 0 aliphatic carbocycles. The lowest BCUT2D eigenvalue weighted by Crippen LogP contribution is -2.22. The molecule has 0 aromatic heterocycles. The van der Waals surface area contributed by atoms with Gasteiger partial charge in [0.05, 0.1) is 25.2 Å². The van der Waals surface area contributed by atoms with E-state index in [0.29, 0.717) is 23.6 Å². The molecule has 2 aromatic carbocycles. The number of benzene rings is 2. The van der Waals surface area contributed by atoms with E-state index in [9.17, 15) is 9.59 Å². The Labute approximate surface area is 182 Å². The highest BCUT2D eigenvalue weighted by molar-refractivity contribution is 8.00. The molecule has 162 valence electrons. The predicted octanol–water partition coefficient (Wildman–Crippen LogP) is 5.20. The van der Waals surface area contributed by atoms with Crippen LogP contribution < -0.4 is 20.1 Å². The fourth-order valence-corrected chi connectivity index (χ4v) is 3.56. The van der Waals surface area contributed by atoms with Gasteiger partial charge in [0.2, 0.25) is 11.8 Å². The van der Waals surface area contributed by atoms with Crippen molar-refractivity contribution >= 4 is 35.0 Å². The standard InChI is InChI=1S/C23H30N2O4S/c1-15(22(27)25-19-12-9-17(28-5)13-20(19)29-6)30-18-10-7-16(8-11-18)24-21(26)14-23(2,3)4/h7-13,15H,14H2,1-6H3,(H,24,26)(H,25,27). The van der Waals surface area contributed by atoms with Gasteiger partial charge in [0.1, 0.15) is 11.5 Å². The van der Waals surface area contributed by atoms with E-state index in [4.69, 9.17) is 9.47 Å². The van der Waals surface area contributed by atoms with E-state index < -0.39 is 0 Å². The zero-order valence-corrected chi connectivity index (χ0v) is 19.2. The van der Waals surface area contributed by atoms with Crippen molar-refractivity contribution in [2.45, 2.75) is 44.3 Å². The van der Waals surface area contributed by atoms with E-state index in [1.807, 2.05) is 52.0 Å². The number of carbonyl (C=O) groups is 2. The Kier molecular flexibility index (Phi) is 8.17. The molecule has 0 bridgehead atoms. The number of hydrogen-bond donors (Lipinski definition) is 2. The van der Waals surface area contributed by atoms with Gasteiger partial charge in [0.15, 0.2) is 0 Å². The molecule has 0 spiro atoms. The molecule has 0 aliphatic rings. The van der Waals surface area contributed by atoms with Gasteiger partial charge in [0, 0.05) is 23.1 Å². The molecule has 7 heteroatoms. The zero-order valence-electron chi connectivity index (χ0n) is 18.4. The first-order valence-electron chi connectivity index (χ1n) is 9.71. The van der Waals surface area contributed by atoms with Crippen LogP contribution in [0.3, 0.4) is 0 Å². The summed E-state index contributed by atoms with van der Waals surface area (Å²) >= 11 is 1.44. The highest BCUT2D eigenvalue weighted by Crippen LogP contribution is 2.31. The number of nitrogens with one attached hydrogen (secondary N) is 2. The van der Waals surface area contributed by atoms with Crippen LogP contribution in [0.1, 0.15) is 34.1 Å². The fraction of sp³-hybridized carbons (Fsp3) is 0.391. The lowest BCUT2D eigenvalue weighted by Gasteiger charge is -2.17. The second-order valence-corrected chi connectivity index (χ2v) is 9.54. The van der Waals surface area contributed by atoms with E-state index in [1.165, 1.54) is 11.8 Å². The maximum atomic E-state index is 12.6. The molecule has 2 amide bonds. The van der Waals surface area contributed by atoms with Crippen LogP contribution in [0.2, 0.25) is 0 Å². The molecule has 6 nitrogen and oxygen atoms in total. The average Bonchev–Trinajstić information content (AvgIpc) is 2.68. The minimum absolute atomic E-state index is 0.0101. The topological polar surface area (TPSA) is 76.7 Å². The van der Waals surface area contributed by atoms with Gasteiger partial charge in [-0.3, -0.25) is 9.59 Å². The molecule has 0 aliphatic heterocycles. The van der Waals surface area contributed by atoms with Crippen LogP contribution in [0.25, 0.3) is 0 Å². The molecule has 1 atom stereocenters. The van der Waals surface area contributed by atoms with Crippen LogP contribution >= 0.6 is 11.8 Å². The number of thioether (sulfide) groups is 1. The van der Waals surface area contributed by atoms with E-state index in [1.54, 1.807) is 32.4 Å². The van der Waals surface area contributed by atoms with Crippen molar-refractivity contribution in [2.75, 3.05) is 24.9 Å². The predicted molar refractivity (Wildman–Crippen MR) is 123 cm³/mol. The summed E-state index contributed by atoms with van der Waals surface area (Å²) in [6, 6.07) is 12.7. The van der Waals surface area contributed by atoms with Gasteiger partial charge in [-0.15, -0.1) is 11.8 Å². The number of carbonyl (C=O) groups excluding carboxylic acids is 2. The fourth-order valence-electron chi connectivity index (χ4n) is 2.70. The van der Waals surface area contributed by atoms with Crippen molar-refractivity contribution in [1.29, 1.82) is 0 Å². The van der Waals surface area contributed by atoms with Crippen LogP contribution in [-0.4, -0.2) is 31.3 Å². The number of ether oxygens (including phenoxy) is 2. The Hall–Kier alpha value is -2.67. The van der Waals surface area contributed by atoms with E-state index >= 15 is 0 Å². The lowest BCUT2D eigenvalue weighted by atomic mass is 9.92. The maximum Gasteiger partial charge on any atom is 0.237 e. The van der Waals surface area contributed by atoms with Crippen molar-refractivity contribution in [1.82, 2.24) is 0 Å². The van der Waals surface area contributed by atoms with Crippen LogP contribution in [0.5, 0.6) is 11.5 Å². The van der Waals surface area contributed by atoms with Crippen molar-refractivity contribution in [3.05, 3.63) is 42.5 Å². The molecule has 2 aromatic rings. The molecule has 0 saturated heterocycles. The van der Waals surface area contributed by atoms with Crippen molar-refractivity contribution in [3.63, 3.8) is 0 Å². The summed E-state index contributed by atoms with van der Waals surface area (Å²) < 4.78 is 10.5. The summed E-state index contributed by atoms with van der Waals surface area (Å²) in [4.78, 5) is 25.6. The SMILES string of the molecule is COc1ccc(NC(=O)C(C)Sc2ccc(NC(=O)CC(C)(C)C)cc2)c(OC)c1. The summed E-state index contributed by atoms with van der Waals surface area (Å²) in [7, 11) is 3.12. The normalized spacial score (nSPS) is 12.1. The summed E-state index contributed by atoms with van der Waals surface area (Å²) in [6.07, 6.45) is 0.454. The number of hydrogen-bond acceptors (Lipinski definition) is 5. The van der Waals surface area contributed by atoms with E-state index in [-0.39, 0.29) is 22.5 Å². The summed E-state index contributed by atoms with van der Waals surface area (Å²) in [6.45, 7) is 7.93. The van der Waals surface area contributed by atoms with E-state index in [0.717, 1.165) is 10.6 Å². The number of rotatable bonds is 8. The minimum Gasteiger partial charge on any atom is -0.497 e. The van der Waals surface area contributed by atoms with Gasteiger partial charge in [-0.25, -0.2) is 0 Å². The molecule has 0 radical (unpaired) electrons. The monoisotopic (exact) mass is 430 g/mol. The van der Waals surface area contributed by atoms with Crippen molar-refractivity contribution < 1.29 is 19.1 Å². The van der Waals surface area contributed by atoms with Gasteiger partial charge in [-0.1, -0.05) is 20.8 Å². The first-order valence-corrected chi connectivity index (χ1v) is 10.6. The second-order valence-electron chi connectivity index (χ2n) is 8.13. The second kappa shape index (κ2) is 10.4. The van der Waals surface area contributed by atoms with Crippen LogP contribution in [0.4, 0.5) is 11.4 Å².